The minimum Gasteiger partial charge on any atom is -0.451 e. The Bertz CT molecular complexity index is 953. The molecule has 1 aliphatic heterocycles. The number of carbonyl (C=O) groups is 3. The van der Waals surface area contributed by atoms with E-state index in [0.717, 1.165) is 16.8 Å². The van der Waals surface area contributed by atoms with Crippen LogP contribution in [0.15, 0.2) is 40.8 Å². The molecule has 9 heteroatoms. The summed E-state index contributed by atoms with van der Waals surface area (Å²) in [5.74, 6) is -0.0413. The maximum atomic E-state index is 12.1. The number of esters is 1. The summed E-state index contributed by atoms with van der Waals surface area (Å²) in [7, 11) is 2.58. The highest BCUT2D eigenvalue weighted by Crippen LogP contribution is 2.23. The van der Waals surface area contributed by atoms with Gasteiger partial charge in [-0.2, -0.15) is 0 Å². The predicted octanol–water partition coefficient (Wildman–Crippen LogP) is 2.12. The van der Waals surface area contributed by atoms with E-state index in [9.17, 15) is 19.5 Å². The molecule has 4 rings (SSSR count). The fourth-order valence-electron chi connectivity index (χ4n) is 3.61. The molecule has 3 N–H and O–H groups in total. The zero-order valence-corrected chi connectivity index (χ0v) is 19.2. The van der Waals surface area contributed by atoms with Crippen LogP contribution in [0.5, 0.6) is 0 Å². The highest BCUT2D eigenvalue weighted by molar-refractivity contribution is 7.27. The van der Waals surface area contributed by atoms with Crippen molar-refractivity contribution >= 4 is 32.3 Å². The number of hydrogen-bond donors (Lipinski definition) is 3. The number of rotatable bonds is 5. The molecule has 0 radical (unpaired) electrons. The van der Waals surface area contributed by atoms with Gasteiger partial charge in [-0.15, -0.1) is 9.24 Å². The molecule has 1 saturated heterocycles. The summed E-state index contributed by atoms with van der Waals surface area (Å²) < 4.78 is 10.0. The number of hydrogen-bond acceptors (Lipinski definition) is 6. The molecule has 1 aliphatic carbocycles. The smallest absolute Gasteiger partial charge is 0.310 e. The summed E-state index contributed by atoms with van der Waals surface area (Å²) in [5, 5.41) is 15.3. The van der Waals surface area contributed by atoms with Gasteiger partial charge in [0.2, 0.25) is 12.2 Å². The normalized spacial score (nSPS) is 20.3. The van der Waals surface area contributed by atoms with Crippen molar-refractivity contribution in [2.75, 3.05) is 6.54 Å². The number of amides is 2. The molecule has 172 valence electrons. The zero-order valence-electron chi connectivity index (χ0n) is 18.0. The highest BCUT2D eigenvalue weighted by Gasteiger charge is 2.34. The molecule has 2 amide bonds. The maximum Gasteiger partial charge on any atom is 0.310 e. The fourth-order valence-corrected chi connectivity index (χ4v) is 3.90. The molecule has 2 fully saturated rings. The van der Waals surface area contributed by atoms with Gasteiger partial charge < -0.3 is 24.9 Å². The van der Waals surface area contributed by atoms with Gasteiger partial charge >= 0.3 is 5.97 Å². The van der Waals surface area contributed by atoms with Gasteiger partial charge in [0.25, 0.3) is 5.91 Å². The van der Waals surface area contributed by atoms with Gasteiger partial charge in [0.15, 0.2) is 5.76 Å². The molecular weight excluding hydrogens is 431 g/mol. The van der Waals surface area contributed by atoms with Gasteiger partial charge in [0.1, 0.15) is 11.8 Å². The van der Waals surface area contributed by atoms with Crippen LogP contribution in [0, 0.1) is 5.92 Å². The van der Waals surface area contributed by atoms with Crippen LogP contribution >= 0.6 is 9.24 Å². The molecule has 1 aromatic carbocycles. The van der Waals surface area contributed by atoms with Crippen LogP contribution in [0.2, 0.25) is 0 Å². The first-order valence-electron chi connectivity index (χ1n) is 10.7. The van der Waals surface area contributed by atoms with E-state index in [1.807, 2.05) is 24.3 Å². The van der Waals surface area contributed by atoms with E-state index in [2.05, 4.69) is 31.5 Å². The number of benzene rings is 1. The summed E-state index contributed by atoms with van der Waals surface area (Å²) >= 11 is 0. The molecule has 32 heavy (non-hydrogen) atoms. The van der Waals surface area contributed by atoms with E-state index in [-0.39, 0.29) is 18.7 Å². The number of aliphatic hydroxyl groups excluding tert-OH is 1. The van der Waals surface area contributed by atoms with Crippen LogP contribution in [-0.2, 0) is 14.3 Å². The topological polar surface area (TPSA) is 118 Å². The van der Waals surface area contributed by atoms with Crippen LogP contribution in [0.3, 0.4) is 0 Å². The van der Waals surface area contributed by atoms with Crippen molar-refractivity contribution in [3.05, 3.63) is 42.2 Å². The first kappa shape index (κ1) is 24.0. The fraction of sp³-hybridized carbons (Fsp3) is 0.435. The van der Waals surface area contributed by atoms with Gasteiger partial charge in [-0.1, -0.05) is 50.8 Å². The van der Waals surface area contributed by atoms with Crippen molar-refractivity contribution in [1.29, 1.82) is 0 Å². The Balaban J connectivity index is 0.000000416. The van der Waals surface area contributed by atoms with E-state index in [4.69, 9.17) is 4.42 Å². The maximum absolute atomic E-state index is 12.1. The van der Waals surface area contributed by atoms with E-state index in [0.29, 0.717) is 5.76 Å². The quantitative estimate of drug-likeness (QED) is 0.465. The molecule has 2 unspecified atom stereocenters. The van der Waals surface area contributed by atoms with Crippen LogP contribution in [0.25, 0.3) is 11.3 Å². The summed E-state index contributed by atoms with van der Waals surface area (Å²) in [4.78, 5) is 34.9. The molecule has 2 aromatic rings. The number of ether oxygens (including phenoxy) is 1. The standard InChI is InChI=1S/C17H17N2O6P.C6H12/c20-14(19-11-7-15(21)25-17(11)23)8-18-16(22)13-5-4-12(24-13)9-2-1-3-10(26)6-9;1-6-4-2-3-5-6/h1-6,11,17,23H,7-8,26H2,(H,18,22)(H,19,20);6H,2-5H2,1H3/t11-,17?;/m0./s1. The largest absolute Gasteiger partial charge is 0.451 e. The lowest BCUT2D eigenvalue weighted by Gasteiger charge is -2.13. The lowest BCUT2D eigenvalue weighted by molar-refractivity contribution is -0.155. The van der Waals surface area contributed by atoms with Gasteiger partial charge in [0, 0.05) is 5.56 Å². The second-order valence-electron chi connectivity index (χ2n) is 8.12. The Hall–Kier alpha value is -2.70. The van der Waals surface area contributed by atoms with Gasteiger partial charge in [-0.25, -0.2) is 0 Å². The average Bonchev–Trinajstić information content (AvgIpc) is 3.49. The van der Waals surface area contributed by atoms with Crippen molar-refractivity contribution in [1.82, 2.24) is 10.6 Å². The molecule has 8 nitrogen and oxygen atoms in total. The summed E-state index contributed by atoms with van der Waals surface area (Å²) in [6.07, 6.45) is 4.46. The predicted molar refractivity (Wildman–Crippen MR) is 122 cm³/mol. The van der Waals surface area contributed by atoms with E-state index in [1.165, 1.54) is 31.7 Å². The summed E-state index contributed by atoms with van der Waals surface area (Å²) in [6.45, 7) is 2.01. The van der Waals surface area contributed by atoms with Crippen LogP contribution < -0.4 is 15.9 Å². The van der Waals surface area contributed by atoms with Crippen LogP contribution in [0.4, 0.5) is 0 Å². The molecule has 0 spiro atoms. The number of carbonyl (C=O) groups excluding carboxylic acids is 3. The Kier molecular flexibility index (Phi) is 8.42. The second kappa shape index (κ2) is 11.2. The Morgan fingerprint density at radius 2 is 1.94 bits per heavy atom. The van der Waals surface area contributed by atoms with E-state index in [1.54, 1.807) is 6.07 Å². The first-order valence-corrected chi connectivity index (χ1v) is 11.3. The SMILES string of the molecule is CC1CCCC1.O=C(CNC(=O)c1ccc(-c2cccc(P)c2)o1)N[C@H]1CC(=O)OC1O. The number of furan rings is 1. The van der Waals surface area contributed by atoms with E-state index >= 15 is 0 Å². The molecule has 3 atom stereocenters. The second-order valence-corrected chi connectivity index (χ2v) is 8.79. The summed E-state index contributed by atoms with van der Waals surface area (Å²) in [5.41, 5.74) is 0.828. The van der Waals surface area contributed by atoms with Crippen LogP contribution in [0.1, 0.15) is 49.6 Å². The van der Waals surface area contributed by atoms with Crippen molar-refractivity contribution < 1.29 is 28.6 Å². The zero-order chi connectivity index (χ0) is 23.1. The molecule has 2 aliphatic rings. The number of cyclic esters (lactones) is 1. The van der Waals surface area contributed by atoms with Crippen molar-refractivity contribution in [3.63, 3.8) is 0 Å². The minimum atomic E-state index is -1.37. The number of aliphatic hydroxyl groups is 1. The monoisotopic (exact) mass is 460 g/mol. The minimum absolute atomic E-state index is 0.0707. The van der Waals surface area contributed by atoms with Gasteiger partial charge in [-0.05, 0) is 29.4 Å². The molecule has 1 aromatic heterocycles. The number of nitrogens with one attached hydrogen (secondary N) is 2. The lowest BCUT2D eigenvalue weighted by atomic mass is 10.2. The third-order valence-electron chi connectivity index (χ3n) is 5.38. The third-order valence-corrected chi connectivity index (χ3v) is 5.74. The Morgan fingerprint density at radius 3 is 2.53 bits per heavy atom. The molecule has 0 bridgehead atoms. The summed E-state index contributed by atoms with van der Waals surface area (Å²) in [6, 6.07) is 9.92. The van der Waals surface area contributed by atoms with Crippen molar-refractivity contribution in [3.8, 4) is 11.3 Å². The Labute approximate surface area is 189 Å². The first-order chi connectivity index (χ1) is 15.3. The van der Waals surface area contributed by atoms with Gasteiger partial charge in [0.05, 0.1) is 13.0 Å². The van der Waals surface area contributed by atoms with Crippen LogP contribution in [-0.4, -0.2) is 41.8 Å². The van der Waals surface area contributed by atoms with Gasteiger partial charge in [-0.3, -0.25) is 14.4 Å². The lowest BCUT2D eigenvalue weighted by Crippen LogP contribution is -2.45. The Morgan fingerprint density at radius 1 is 1.19 bits per heavy atom. The van der Waals surface area contributed by atoms with E-state index < -0.39 is 30.1 Å². The molecule has 2 heterocycles. The average molecular weight is 460 g/mol. The highest BCUT2D eigenvalue weighted by atomic mass is 31.0. The van der Waals surface area contributed by atoms with Crippen molar-refractivity contribution in [2.45, 2.75) is 51.4 Å². The molecular formula is C23H29N2O6P. The third kappa shape index (κ3) is 6.90. The molecule has 1 saturated carbocycles. The van der Waals surface area contributed by atoms with Crippen molar-refractivity contribution in [2.24, 2.45) is 5.92 Å².